The van der Waals surface area contributed by atoms with E-state index in [1.54, 1.807) is 10.9 Å². The molecule has 3 aromatic heterocycles. The molecule has 1 aromatic carbocycles. The molecule has 1 unspecified atom stereocenters. The third-order valence-electron chi connectivity index (χ3n) is 5.29. The Morgan fingerprint density at radius 3 is 2.68 bits per heavy atom. The second kappa shape index (κ2) is 6.67. The molecule has 0 amide bonds. The summed E-state index contributed by atoms with van der Waals surface area (Å²) in [4.78, 5) is 27.6. The second-order valence-corrected chi connectivity index (χ2v) is 7.92. The van der Waals surface area contributed by atoms with Crippen molar-refractivity contribution in [1.82, 2.24) is 24.1 Å². The summed E-state index contributed by atoms with van der Waals surface area (Å²) >= 11 is 0. The molecule has 7 heteroatoms. The fraction of sp³-hybridized carbons (Fsp3) is 0.429. The molecule has 0 aliphatic carbocycles. The number of aromatic nitrogens is 5. The number of fused-ring (bicyclic) bond motifs is 4. The van der Waals surface area contributed by atoms with Gasteiger partial charge in [-0.2, -0.15) is 0 Å². The van der Waals surface area contributed by atoms with Gasteiger partial charge in [0.05, 0.1) is 30.0 Å². The summed E-state index contributed by atoms with van der Waals surface area (Å²) in [5.41, 5.74) is 3.52. The minimum Gasteiger partial charge on any atom is -0.376 e. The number of hydrogen-bond acceptors (Lipinski definition) is 5. The molecule has 28 heavy (non-hydrogen) atoms. The highest BCUT2D eigenvalue weighted by Gasteiger charge is 2.23. The highest BCUT2D eigenvalue weighted by atomic mass is 16.5. The first-order valence-electron chi connectivity index (χ1n) is 9.87. The molecule has 4 aromatic rings. The summed E-state index contributed by atoms with van der Waals surface area (Å²) in [6, 6.07) is 7.75. The van der Waals surface area contributed by atoms with E-state index in [1.165, 1.54) is 0 Å². The maximum atomic E-state index is 13.3. The Morgan fingerprint density at radius 1 is 1.18 bits per heavy atom. The van der Waals surface area contributed by atoms with Gasteiger partial charge in [-0.3, -0.25) is 9.36 Å². The van der Waals surface area contributed by atoms with Crippen LogP contribution in [0.3, 0.4) is 0 Å². The van der Waals surface area contributed by atoms with Crippen molar-refractivity contribution in [3.63, 3.8) is 0 Å². The maximum Gasteiger partial charge on any atom is 0.265 e. The average Bonchev–Trinajstić information content (AvgIpc) is 3.29. The molecule has 0 spiro atoms. The van der Waals surface area contributed by atoms with E-state index >= 15 is 0 Å². The van der Waals surface area contributed by atoms with Crippen molar-refractivity contribution in [3.05, 3.63) is 40.9 Å². The van der Waals surface area contributed by atoms with Crippen molar-refractivity contribution in [2.24, 2.45) is 5.92 Å². The van der Waals surface area contributed by atoms with E-state index in [2.05, 4.69) is 18.8 Å². The summed E-state index contributed by atoms with van der Waals surface area (Å²) in [6.45, 7) is 6.22. The smallest absolute Gasteiger partial charge is 0.265 e. The van der Waals surface area contributed by atoms with Gasteiger partial charge < -0.3 is 9.30 Å². The predicted molar refractivity (Wildman–Crippen MR) is 108 cm³/mol. The number of para-hydroxylation sites is 2. The van der Waals surface area contributed by atoms with E-state index in [0.717, 1.165) is 30.5 Å². The van der Waals surface area contributed by atoms with Crippen LogP contribution in [0, 0.1) is 5.92 Å². The molecular weight excluding hydrogens is 354 g/mol. The van der Waals surface area contributed by atoms with Crippen LogP contribution in [0.4, 0.5) is 0 Å². The van der Waals surface area contributed by atoms with Crippen LogP contribution in [0.1, 0.15) is 26.7 Å². The Morgan fingerprint density at radius 2 is 1.96 bits per heavy atom. The zero-order chi connectivity index (χ0) is 19.3. The van der Waals surface area contributed by atoms with Crippen LogP contribution in [-0.4, -0.2) is 36.8 Å². The third-order valence-corrected chi connectivity index (χ3v) is 5.29. The molecule has 1 aliphatic rings. The van der Waals surface area contributed by atoms with Crippen molar-refractivity contribution in [2.45, 2.75) is 45.9 Å². The average molecular weight is 377 g/mol. The van der Waals surface area contributed by atoms with Crippen LogP contribution in [-0.2, 0) is 17.8 Å². The van der Waals surface area contributed by atoms with Gasteiger partial charge in [0.1, 0.15) is 10.9 Å². The summed E-state index contributed by atoms with van der Waals surface area (Å²) in [6.07, 6.45) is 3.83. The molecule has 1 saturated heterocycles. The lowest BCUT2D eigenvalue weighted by Crippen LogP contribution is -2.23. The lowest BCUT2D eigenvalue weighted by atomic mass is 10.2. The lowest BCUT2D eigenvalue weighted by Gasteiger charge is -2.12. The van der Waals surface area contributed by atoms with Crippen LogP contribution >= 0.6 is 0 Å². The Labute approximate surface area is 162 Å². The standard InChI is InChI=1S/C21H23N5O2/c1-13(2)10-25-12-22-19-17(21(25)27)18-20(26(19)11-14-6-5-9-28-14)24-16-8-4-3-7-15(16)23-18/h3-4,7-8,12-14H,5-6,9-11H2,1-2H3. The van der Waals surface area contributed by atoms with E-state index in [0.29, 0.717) is 41.2 Å². The van der Waals surface area contributed by atoms with Gasteiger partial charge >= 0.3 is 0 Å². The molecule has 0 N–H and O–H groups in total. The van der Waals surface area contributed by atoms with Gasteiger partial charge in [0.2, 0.25) is 0 Å². The quantitative estimate of drug-likeness (QED) is 0.546. The first-order chi connectivity index (χ1) is 13.6. The number of benzene rings is 1. The Hall–Kier alpha value is -2.80. The van der Waals surface area contributed by atoms with Gasteiger partial charge in [0, 0.05) is 13.2 Å². The van der Waals surface area contributed by atoms with Crippen LogP contribution in [0.2, 0.25) is 0 Å². The first-order valence-corrected chi connectivity index (χ1v) is 9.87. The molecular formula is C21H23N5O2. The largest absolute Gasteiger partial charge is 0.376 e. The molecule has 0 radical (unpaired) electrons. The Balaban J connectivity index is 1.82. The van der Waals surface area contributed by atoms with Gasteiger partial charge in [-0.15, -0.1) is 0 Å². The number of hydrogen-bond donors (Lipinski definition) is 0. The maximum absolute atomic E-state index is 13.3. The highest BCUT2D eigenvalue weighted by Crippen LogP contribution is 2.27. The third kappa shape index (κ3) is 2.77. The summed E-state index contributed by atoms with van der Waals surface area (Å²) in [5, 5.41) is 0.550. The fourth-order valence-corrected chi connectivity index (χ4v) is 4.03. The van der Waals surface area contributed by atoms with Crippen LogP contribution in [0.25, 0.3) is 33.2 Å². The van der Waals surface area contributed by atoms with Crippen LogP contribution < -0.4 is 5.56 Å². The number of ether oxygens (including phenoxy) is 1. The lowest BCUT2D eigenvalue weighted by molar-refractivity contribution is 0.0987. The molecule has 1 fully saturated rings. The molecule has 4 heterocycles. The van der Waals surface area contributed by atoms with Gasteiger partial charge in [-0.1, -0.05) is 26.0 Å². The monoisotopic (exact) mass is 377 g/mol. The Kier molecular flexibility index (Phi) is 4.12. The van der Waals surface area contributed by atoms with Gasteiger partial charge in [-0.05, 0) is 30.9 Å². The van der Waals surface area contributed by atoms with E-state index in [-0.39, 0.29) is 11.7 Å². The first kappa shape index (κ1) is 17.3. The molecule has 1 aliphatic heterocycles. The SMILES string of the molecule is CC(C)Cn1cnc2c(c1=O)c1nc3ccccc3nc1n2CC1CCCO1. The Bertz CT molecular complexity index is 1230. The topological polar surface area (TPSA) is 74.8 Å². The minimum atomic E-state index is -0.0561. The van der Waals surface area contributed by atoms with Crippen molar-refractivity contribution in [1.29, 1.82) is 0 Å². The van der Waals surface area contributed by atoms with Crippen LogP contribution in [0.5, 0.6) is 0 Å². The van der Waals surface area contributed by atoms with E-state index < -0.39 is 0 Å². The van der Waals surface area contributed by atoms with Gasteiger partial charge in [0.15, 0.2) is 11.3 Å². The zero-order valence-corrected chi connectivity index (χ0v) is 16.1. The van der Waals surface area contributed by atoms with Gasteiger partial charge in [0.25, 0.3) is 5.56 Å². The number of nitrogens with zero attached hydrogens (tertiary/aromatic N) is 5. The van der Waals surface area contributed by atoms with Gasteiger partial charge in [-0.25, -0.2) is 15.0 Å². The predicted octanol–water partition coefficient (Wildman–Crippen LogP) is 3.13. The summed E-state index contributed by atoms with van der Waals surface area (Å²) in [7, 11) is 0. The van der Waals surface area contributed by atoms with Crippen molar-refractivity contribution in [2.75, 3.05) is 6.61 Å². The molecule has 5 rings (SSSR count). The van der Waals surface area contributed by atoms with Crippen molar-refractivity contribution < 1.29 is 4.74 Å². The fourth-order valence-electron chi connectivity index (χ4n) is 4.03. The van der Waals surface area contributed by atoms with Crippen LogP contribution in [0.15, 0.2) is 35.4 Å². The normalized spacial score (nSPS) is 17.5. The molecule has 1 atom stereocenters. The summed E-state index contributed by atoms with van der Waals surface area (Å²) in [5.74, 6) is 0.351. The van der Waals surface area contributed by atoms with Crippen molar-refractivity contribution in [3.8, 4) is 0 Å². The van der Waals surface area contributed by atoms with E-state index in [4.69, 9.17) is 14.7 Å². The number of rotatable bonds is 4. The van der Waals surface area contributed by atoms with E-state index in [1.807, 2.05) is 28.8 Å². The van der Waals surface area contributed by atoms with E-state index in [9.17, 15) is 4.79 Å². The molecule has 7 nitrogen and oxygen atoms in total. The summed E-state index contributed by atoms with van der Waals surface area (Å²) < 4.78 is 9.53. The molecule has 0 bridgehead atoms. The highest BCUT2D eigenvalue weighted by molar-refractivity contribution is 6.04. The molecule has 144 valence electrons. The second-order valence-electron chi connectivity index (χ2n) is 7.92. The van der Waals surface area contributed by atoms with Crippen molar-refractivity contribution >= 4 is 33.2 Å². The zero-order valence-electron chi connectivity index (χ0n) is 16.1. The minimum absolute atomic E-state index is 0.0561. The molecule has 0 saturated carbocycles.